The Bertz CT molecular complexity index is 1300. The van der Waals surface area contributed by atoms with Gasteiger partial charge in [-0.15, -0.1) is 0 Å². The zero-order valence-corrected chi connectivity index (χ0v) is 19.9. The van der Waals surface area contributed by atoms with Crippen molar-refractivity contribution in [2.24, 2.45) is 0 Å². The Morgan fingerprint density at radius 3 is 2.28 bits per heavy atom. The van der Waals surface area contributed by atoms with E-state index in [0.717, 1.165) is 49.0 Å². The molecule has 36 heavy (non-hydrogen) atoms. The molecule has 0 radical (unpaired) electrons. The number of ether oxygens (including phenoxy) is 3. The summed E-state index contributed by atoms with van der Waals surface area (Å²) in [5.74, 6) is 2.14. The minimum atomic E-state index is -0.182. The first-order valence-electron chi connectivity index (χ1n) is 11.7. The highest BCUT2D eigenvalue weighted by Crippen LogP contribution is 2.25. The number of benzene rings is 3. The maximum atomic E-state index is 12.8. The van der Waals surface area contributed by atoms with E-state index in [9.17, 15) is 4.79 Å². The fourth-order valence-corrected chi connectivity index (χ4v) is 3.85. The van der Waals surface area contributed by atoms with E-state index in [0.29, 0.717) is 23.0 Å². The summed E-state index contributed by atoms with van der Waals surface area (Å²) in [6.07, 6.45) is 1.64. The Balaban J connectivity index is 1.22. The molecular formula is C28H26N4O4. The number of hydrogen-bond acceptors (Lipinski definition) is 7. The van der Waals surface area contributed by atoms with Crippen LogP contribution in [0.2, 0.25) is 0 Å². The van der Waals surface area contributed by atoms with Gasteiger partial charge in [-0.25, -0.2) is 4.98 Å². The molecule has 0 atom stereocenters. The van der Waals surface area contributed by atoms with Crippen molar-refractivity contribution < 1.29 is 19.0 Å². The Hall–Kier alpha value is -4.43. The van der Waals surface area contributed by atoms with Crippen LogP contribution in [0.3, 0.4) is 0 Å². The summed E-state index contributed by atoms with van der Waals surface area (Å²) in [4.78, 5) is 23.9. The summed E-state index contributed by atoms with van der Waals surface area (Å²) in [7, 11) is 1.62. The van der Waals surface area contributed by atoms with Crippen LogP contribution in [0.4, 0.5) is 11.4 Å². The number of nitrogens with one attached hydrogen (secondary N) is 1. The Morgan fingerprint density at radius 2 is 1.58 bits per heavy atom. The second kappa shape index (κ2) is 10.9. The van der Waals surface area contributed by atoms with Gasteiger partial charge in [-0.1, -0.05) is 12.1 Å². The van der Waals surface area contributed by atoms with Gasteiger partial charge < -0.3 is 24.4 Å². The largest absolute Gasteiger partial charge is 0.497 e. The zero-order valence-electron chi connectivity index (χ0n) is 19.9. The van der Waals surface area contributed by atoms with E-state index in [1.807, 2.05) is 60.7 Å². The molecule has 0 saturated carbocycles. The molecule has 8 nitrogen and oxygen atoms in total. The number of nitrogens with zero attached hydrogens (tertiary/aromatic N) is 3. The van der Waals surface area contributed by atoms with Gasteiger partial charge in [-0.05, 0) is 60.7 Å². The van der Waals surface area contributed by atoms with Crippen LogP contribution >= 0.6 is 0 Å². The van der Waals surface area contributed by atoms with Crippen LogP contribution in [0.5, 0.6) is 17.4 Å². The van der Waals surface area contributed by atoms with Crippen LogP contribution < -0.4 is 19.7 Å². The lowest BCUT2D eigenvalue weighted by Crippen LogP contribution is -2.36. The number of morpholine rings is 1. The average Bonchev–Trinajstić information content (AvgIpc) is 2.94. The molecule has 1 N–H and O–H groups in total. The van der Waals surface area contributed by atoms with Gasteiger partial charge in [-0.2, -0.15) is 4.98 Å². The fourth-order valence-electron chi connectivity index (χ4n) is 3.85. The number of rotatable bonds is 7. The Labute approximate surface area is 209 Å². The van der Waals surface area contributed by atoms with Gasteiger partial charge in [0.2, 0.25) is 5.88 Å². The van der Waals surface area contributed by atoms with Crippen LogP contribution in [-0.4, -0.2) is 49.3 Å². The molecule has 8 heteroatoms. The molecule has 182 valence electrons. The molecule has 1 aromatic heterocycles. The lowest BCUT2D eigenvalue weighted by atomic mass is 10.1. The minimum Gasteiger partial charge on any atom is -0.497 e. The topological polar surface area (TPSA) is 85.8 Å². The predicted octanol–water partition coefficient (Wildman–Crippen LogP) is 5.03. The maximum Gasteiger partial charge on any atom is 0.255 e. The number of methoxy groups -OCH3 is 1. The van der Waals surface area contributed by atoms with Crippen molar-refractivity contribution >= 4 is 17.3 Å². The monoisotopic (exact) mass is 482 g/mol. The first kappa shape index (κ1) is 23.3. The number of hydrogen-bond donors (Lipinski definition) is 1. The van der Waals surface area contributed by atoms with Crippen LogP contribution in [-0.2, 0) is 4.74 Å². The highest BCUT2D eigenvalue weighted by atomic mass is 16.5. The minimum absolute atomic E-state index is 0.182. The normalized spacial score (nSPS) is 13.2. The Kier molecular flexibility index (Phi) is 7.05. The molecule has 2 heterocycles. The van der Waals surface area contributed by atoms with Gasteiger partial charge in [0.1, 0.15) is 11.5 Å². The molecule has 1 amide bonds. The molecule has 1 aliphatic rings. The quantitative estimate of drug-likeness (QED) is 0.395. The molecular weight excluding hydrogens is 456 g/mol. The standard InChI is InChI=1S/C28H26N4O4/c1-34-24-10-12-25(13-11-24)36-26-14-15-29-27(31-26)20-2-4-21(5-3-20)28(33)30-22-6-8-23(9-7-22)32-16-18-35-19-17-32/h2-15H,16-19H2,1H3,(H,30,33). The summed E-state index contributed by atoms with van der Waals surface area (Å²) in [6.45, 7) is 3.22. The highest BCUT2D eigenvalue weighted by Gasteiger charge is 2.12. The van der Waals surface area contributed by atoms with Gasteiger partial charge in [0, 0.05) is 47.9 Å². The van der Waals surface area contributed by atoms with E-state index >= 15 is 0 Å². The van der Waals surface area contributed by atoms with Gasteiger partial charge in [-0.3, -0.25) is 4.79 Å². The molecule has 1 saturated heterocycles. The van der Waals surface area contributed by atoms with E-state index < -0.39 is 0 Å². The van der Waals surface area contributed by atoms with E-state index in [2.05, 4.69) is 20.2 Å². The van der Waals surface area contributed by atoms with Crippen molar-refractivity contribution in [3.63, 3.8) is 0 Å². The summed E-state index contributed by atoms with van der Waals surface area (Å²) in [5, 5.41) is 2.95. The third-order valence-corrected chi connectivity index (χ3v) is 5.82. The molecule has 0 aliphatic carbocycles. The molecule has 1 fully saturated rings. The average molecular weight is 483 g/mol. The first-order valence-corrected chi connectivity index (χ1v) is 11.7. The fraction of sp³-hybridized carbons (Fsp3) is 0.179. The van der Waals surface area contributed by atoms with Crippen molar-refractivity contribution in [1.29, 1.82) is 0 Å². The number of amides is 1. The van der Waals surface area contributed by atoms with Crippen LogP contribution in [0, 0.1) is 0 Å². The van der Waals surface area contributed by atoms with E-state index in [1.165, 1.54) is 0 Å². The van der Waals surface area contributed by atoms with Crippen molar-refractivity contribution in [1.82, 2.24) is 9.97 Å². The lowest BCUT2D eigenvalue weighted by molar-refractivity contribution is 0.102. The third kappa shape index (κ3) is 5.61. The molecule has 0 unspecified atom stereocenters. The first-order chi connectivity index (χ1) is 17.7. The summed E-state index contributed by atoms with van der Waals surface area (Å²) in [6, 6.07) is 24.0. The van der Waals surface area contributed by atoms with Crippen molar-refractivity contribution in [2.75, 3.05) is 43.6 Å². The summed E-state index contributed by atoms with van der Waals surface area (Å²) < 4.78 is 16.4. The molecule has 0 bridgehead atoms. The van der Waals surface area contributed by atoms with E-state index in [4.69, 9.17) is 14.2 Å². The zero-order chi connectivity index (χ0) is 24.7. The van der Waals surface area contributed by atoms with Crippen LogP contribution in [0.1, 0.15) is 10.4 Å². The van der Waals surface area contributed by atoms with Crippen molar-refractivity contribution in [2.45, 2.75) is 0 Å². The molecule has 3 aromatic carbocycles. The smallest absolute Gasteiger partial charge is 0.255 e. The van der Waals surface area contributed by atoms with Crippen molar-refractivity contribution in [3.05, 3.63) is 90.6 Å². The summed E-state index contributed by atoms with van der Waals surface area (Å²) in [5.41, 5.74) is 3.19. The molecule has 1 aliphatic heterocycles. The summed E-state index contributed by atoms with van der Waals surface area (Å²) >= 11 is 0. The van der Waals surface area contributed by atoms with Gasteiger partial charge in [0.05, 0.1) is 20.3 Å². The second-order valence-electron chi connectivity index (χ2n) is 8.17. The maximum absolute atomic E-state index is 12.8. The number of carbonyl (C=O) groups is 1. The third-order valence-electron chi connectivity index (χ3n) is 5.82. The number of anilines is 2. The lowest BCUT2D eigenvalue weighted by Gasteiger charge is -2.28. The Morgan fingerprint density at radius 1 is 0.889 bits per heavy atom. The van der Waals surface area contributed by atoms with E-state index in [-0.39, 0.29) is 5.91 Å². The second-order valence-corrected chi connectivity index (χ2v) is 8.17. The number of aromatic nitrogens is 2. The SMILES string of the molecule is COc1ccc(Oc2ccnc(-c3ccc(C(=O)Nc4ccc(N5CCOCC5)cc4)cc3)n2)cc1. The molecule has 0 spiro atoms. The predicted molar refractivity (Wildman–Crippen MR) is 138 cm³/mol. The molecule has 5 rings (SSSR count). The van der Waals surface area contributed by atoms with E-state index in [1.54, 1.807) is 31.5 Å². The highest BCUT2D eigenvalue weighted by molar-refractivity contribution is 6.04. The van der Waals surface area contributed by atoms with Crippen LogP contribution in [0.25, 0.3) is 11.4 Å². The van der Waals surface area contributed by atoms with Crippen LogP contribution in [0.15, 0.2) is 85.1 Å². The van der Waals surface area contributed by atoms with Crippen molar-refractivity contribution in [3.8, 4) is 28.8 Å². The molecule has 4 aromatic rings. The van der Waals surface area contributed by atoms with Gasteiger partial charge in [0.25, 0.3) is 5.91 Å². The van der Waals surface area contributed by atoms with Gasteiger partial charge >= 0.3 is 0 Å². The van der Waals surface area contributed by atoms with Gasteiger partial charge in [0.15, 0.2) is 5.82 Å². The number of carbonyl (C=O) groups excluding carboxylic acids is 1.